The van der Waals surface area contributed by atoms with Crippen LogP contribution < -0.4 is 15.4 Å². The minimum atomic E-state index is 0.315. The van der Waals surface area contributed by atoms with Crippen molar-refractivity contribution in [2.45, 2.75) is 13.8 Å². The van der Waals surface area contributed by atoms with E-state index in [1.807, 2.05) is 25.1 Å². The molecule has 0 atom stereocenters. The normalized spacial score (nSPS) is 10.4. The number of nitrogens with one attached hydrogen (secondary N) is 2. The number of hydrogen-bond acceptors (Lipinski definition) is 8. The van der Waals surface area contributed by atoms with Gasteiger partial charge in [-0.05, 0) is 31.5 Å². The zero-order valence-electron chi connectivity index (χ0n) is 13.0. The summed E-state index contributed by atoms with van der Waals surface area (Å²) in [6.45, 7) is 3.81. The molecule has 118 valence electrons. The van der Waals surface area contributed by atoms with Gasteiger partial charge in [-0.2, -0.15) is 10.1 Å². The topological polar surface area (TPSA) is 98.0 Å². The van der Waals surface area contributed by atoms with E-state index in [2.05, 4.69) is 31.0 Å². The van der Waals surface area contributed by atoms with Gasteiger partial charge in [0.25, 0.3) is 0 Å². The van der Waals surface area contributed by atoms with Crippen molar-refractivity contribution < 1.29 is 9.26 Å². The molecule has 0 spiro atoms. The van der Waals surface area contributed by atoms with Gasteiger partial charge < -0.3 is 19.9 Å². The summed E-state index contributed by atoms with van der Waals surface area (Å²) in [7, 11) is 1.62. The molecule has 1 aromatic carbocycles. The van der Waals surface area contributed by atoms with Crippen LogP contribution in [0.15, 0.2) is 35.0 Å². The fourth-order valence-electron chi connectivity index (χ4n) is 2.01. The zero-order valence-corrected chi connectivity index (χ0v) is 13.0. The molecule has 0 aliphatic rings. The van der Waals surface area contributed by atoms with E-state index in [0.717, 1.165) is 17.0 Å². The molecule has 0 saturated carbocycles. The lowest BCUT2D eigenvalue weighted by Crippen LogP contribution is -2.03. The Bertz CT molecular complexity index is 817. The van der Waals surface area contributed by atoms with Crippen LogP contribution in [0.1, 0.15) is 11.3 Å². The lowest BCUT2D eigenvalue weighted by Gasteiger charge is -2.11. The highest BCUT2D eigenvalue weighted by atomic mass is 16.5. The van der Waals surface area contributed by atoms with Crippen molar-refractivity contribution in [2.75, 3.05) is 17.7 Å². The Hall–Kier alpha value is -3.16. The second-order valence-electron chi connectivity index (χ2n) is 4.94. The predicted molar refractivity (Wildman–Crippen MR) is 85.4 cm³/mol. The molecule has 0 amide bonds. The van der Waals surface area contributed by atoms with Crippen LogP contribution in [0.2, 0.25) is 0 Å². The monoisotopic (exact) mass is 312 g/mol. The summed E-state index contributed by atoms with van der Waals surface area (Å²) in [5.41, 5.74) is 1.91. The first-order valence-corrected chi connectivity index (χ1v) is 6.96. The quantitative estimate of drug-likeness (QED) is 0.742. The van der Waals surface area contributed by atoms with Gasteiger partial charge >= 0.3 is 0 Å². The summed E-state index contributed by atoms with van der Waals surface area (Å²) < 4.78 is 10.3. The van der Waals surface area contributed by atoms with Crippen molar-refractivity contribution in [3.8, 4) is 5.75 Å². The number of benzene rings is 1. The largest absolute Gasteiger partial charge is 0.495 e. The van der Waals surface area contributed by atoms with E-state index in [1.54, 1.807) is 20.1 Å². The summed E-state index contributed by atoms with van der Waals surface area (Å²) >= 11 is 0. The molecule has 0 aliphatic carbocycles. The molecule has 0 saturated heterocycles. The van der Waals surface area contributed by atoms with Gasteiger partial charge in [-0.1, -0.05) is 11.2 Å². The smallest absolute Gasteiger partial charge is 0.250 e. The van der Waals surface area contributed by atoms with Crippen LogP contribution >= 0.6 is 0 Å². The first-order valence-electron chi connectivity index (χ1n) is 6.96. The minimum Gasteiger partial charge on any atom is -0.495 e. The lowest BCUT2D eigenvalue weighted by molar-refractivity contribution is 0.400. The van der Waals surface area contributed by atoms with Gasteiger partial charge in [-0.15, -0.1) is 5.10 Å². The standard InChI is InChI=1S/C15H16N6O2/c1-9-4-5-12(22-3)11(6-9)17-14-8-16-20-15(19-14)18-13-7-10(2)23-21-13/h4-8H,1-3H3,(H2,17,18,19,20,21). The summed E-state index contributed by atoms with van der Waals surface area (Å²) in [6.07, 6.45) is 1.53. The highest BCUT2D eigenvalue weighted by molar-refractivity contribution is 5.65. The van der Waals surface area contributed by atoms with Crippen molar-refractivity contribution in [2.24, 2.45) is 0 Å². The molecule has 2 aromatic heterocycles. The van der Waals surface area contributed by atoms with Gasteiger partial charge in [0.05, 0.1) is 19.0 Å². The fourth-order valence-corrected chi connectivity index (χ4v) is 2.01. The zero-order chi connectivity index (χ0) is 16.2. The molecule has 8 nitrogen and oxygen atoms in total. The molecule has 0 aliphatic heterocycles. The Morgan fingerprint density at radius 1 is 1.09 bits per heavy atom. The fraction of sp³-hybridized carbons (Fsp3) is 0.200. The number of rotatable bonds is 5. The summed E-state index contributed by atoms with van der Waals surface area (Å²) in [4.78, 5) is 4.34. The molecule has 3 aromatic rings. The lowest BCUT2D eigenvalue weighted by atomic mass is 10.2. The van der Waals surface area contributed by atoms with E-state index in [9.17, 15) is 0 Å². The first-order chi connectivity index (χ1) is 11.1. The highest BCUT2D eigenvalue weighted by Gasteiger charge is 2.08. The Morgan fingerprint density at radius 2 is 1.96 bits per heavy atom. The Balaban J connectivity index is 1.81. The summed E-state index contributed by atoms with van der Waals surface area (Å²) in [6, 6.07) is 7.58. The molecular formula is C15H16N6O2. The van der Waals surface area contributed by atoms with E-state index in [-0.39, 0.29) is 0 Å². The number of hydrogen-bond donors (Lipinski definition) is 2. The third-order valence-electron chi connectivity index (χ3n) is 3.04. The number of methoxy groups -OCH3 is 1. The van der Waals surface area contributed by atoms with Crippen molar-refractivity contribution in [1.29, 1.82) is 0 Å². The first kappa shape index (κ1) is 14.8. The Morgan fingerprint density at radius 3 is 2.70 bits per heavy atom. The van der Waals surface area contributed by atoms with Gasteiger partial charge in [0.1, 0.15) is 11.5 Å². The molecule has 2 N–H and O–H groups in total. The van der Waals surface area contributed by atoms with E-state index in [0.29, 0.717) is 23.3 Å². The average molecular weight is 312 g/mol. The van der Waals surface area contributed by atoms with Crippen molar-refractivity contribution in [3.05, 3.63) is 41.8 Å². The maximum atomic E-state index is 5.34. The molecule has 0 bridgehead atoms. The number of aromatic nitrogens is 4. The number of aryl methyl sites for hydroxylation is 2. The highest BCUT2D eigenvalue weighted by Crippen LogP contribution is 2.27. The summed E-state index contributed by atoms with van der Waals surface area (Å²) in [5, 5.41) is 17.8. The van der Waals surface area contributed by atoms with Crippen molar-refractivity contribution in [1.82, 2.24) is 20.3 Å². The minimum absolute atomic E-state index is 0.315. The Labute approximate surface area is 132 Å². The molecular weight excluding hydrogens is 296 g/mol. The van der Waals surface area contributed by atoms with E-state index >= 15 is 0 Å². The van der Waals surface area contributed by atoms with Crippen LogP contribution in [0, 0.1) is 13.8 Å². The van der Waals surface area contributed by atoms with Crippen LogP contribution in [0.5, 0.6) is 5.75 Å². The molecule has 3 rings (SSSR count). The molecule has 23 heavy (non-hydrogen) atoms. The molecule has 0 radical (unpaired) electrons. The molecule has 8 heteroatoms. The maximum Gasteiger partial charge on any atom is 0.250 e. The van der Waals surface area contributed by atoms with E-state index < -0.39 is 0 Å². The second kappa shape index (κ2) is 6.30. The van der Waals surface area contributed by atoms with Gasteiger partial charge in [-0.3, -0.25) is 0 Å². The summed E-state index contributed by atoms with van der Waals surface area (Å²) in [5.74, 6) is 2.78. The van der Waals surface area contributed by atoms with Crippen molar-refractivity contribution >= 4 is 23.3 Å². The van der Waals surface area contributed by atoms with Crippen LogP contribution in [-0.4, -0.2) is 27.4 Å². The van der Waals surface area contributed by atoms with E-state index in [4.69, 9.17) is 9.26 Å². The van der Waals surface area contributed by atoms with Crippen molar-refractivity contribution in [3.63, 3.8) is 0 Å². The third-order valence-corrected chi connectivity index (χ3v) is 3.04. The van der Waals surface area contributed by atoms with Gasteiger partial charge in [0.15, 0.2) is 11.6 Å². The van der Waals surface area contributed by atoms with Crippen LogP contribution in [0.3, 0.4) is 0 Å². The predicted octanol–water partition coefficient (Wildman–Crippen LogP) is 2.97. The SMILES string of the molecule is COc1ccc(C)cc1Nc1cnnc(Nc2cc(C)on2)n1. The number of nitrogens with zero attached hydrogens (tertiary/aromatic N) is 4. The maximum absolute atomic E-state index is 5.34. The van der Waals surface area contributed by atoms with Gasteiger partial charge in [0, 0.05) is 6.07 Å². The molecule has 0 unspecified atom stereocenters. The van der Waals surface area contributed by atoms with E-state index in [1.165, 1.54) is 6.20 Å². The van der Waals surface area contributed by atoms with Gasteiger partial charge in [-0.25, -0.2) is 0 Å². The second-order valence-corrected chi connectivity index (χ2v) is 4.94. The number of ether oxygens (including phenoxy) is 1. The van der Waals surface area contributed by atoms with Crippen LogP contribution in [0.4, 0.5) is 23.3 Å². The third kappa shape index (κ3) is 3.54. The Kier molecular flexibility index (Phi) is 4.05. The number of anilines is 4. The van der Waals surface area contributed by atoms with Crippen LogP contribution in [-0.2, 0) is 0 Å². The van der Waals surface area contributed by atoms with Gasteiger partial charge in [0.2, 0.25) is 5.95 Å². The molecule has 0 fully saturated rings. The molecule has 2 heterocycles. The van der Waals surface area contributed by atoms with Crippen LogP contribution in [0.25, 0.3) is 0 Å². The average Bonchev–Trinajstić information content (AvgIpc) is 2.93.